The van der Waals surface area contributed by atoms with Gasteiger partial charge in [0.25, 0.3) is 0 Å². The third kappa shape index (κ3) is 4.56. The van der Waals surface area contributed by atoms with Gasteiger partial charge in [0.05, 0.1) is 6.61 Å². The van der Waals surface area contributed by atoms with Crippen molar-refractivity contribution < 1.29 is 33.2 Å². The molecule has 0 aliphatic carbocycles. The molecule has 0 unspecified atom stereocenters. The summed E-state index contributed by atoms with van der Waals surface area (Å²) in [4.78, 5) is 0. The summed E-state index contributed by atoms with van der Waals surface area (Å²) in [5.41, 5.74) is 3.45. The van der Waals surface area contributed by atoms with Gasteiger partial charge in [-0.1, -0.05) is 37.3 Å². The Hall–Kier alpha value is -1.97. The molecule has 32 heavy (non-hydrogen) atoms. The van der Waals surface area contributed by atoms with Crippen molar-refractivity contribution >= 4 is 9.84 Å². The molecular formula is C24H30O7S. The number of hydrogen-bond donors (Lipinski definition) is 3. The predicted octanol–water partition coefficient (Wildman–Crippen LogP) is 1.69. The van der Waals surface area contributed by atoms with Crippen LogP contribution in [0.2, 0.25) is 0 Å². The van der Waals surface area contributed by atoms with Crippen LogP contribution in [0.25, 0.3) is 0 Å². The predicted molar refractivity (Wildman–Crippen MR) is 119 cm³/mol. The van der Waals surface area contributed by atoms with Crippen LogP contribution in [0.4, 0.5) is 0 Å². The number of aliphatic hydroxyl groups is 3. The summed E-state index contributed by atoms with van der Waals surface area (Å²) in [5.74, 6) is 0.933. The Balaban J connectivity index is 1.65. The number of fused-ring (bicyclic) bond motifs is 1. The molecule has 1 fully saturated rings. The van der Waals surface area contributed by atoms with Gasteiger partial charge in [0.2, 0.25) is 0 Å². The Morgan fingerprint density at radius 3 is 2.50 bits per heavy atom. The van der Waals surface area contributed by atoms with Crippen molar-refractivity contribution in [1.82, 2.24) is 0 Å². The minimum absolute atomic E-state index is 0.561. The van der Waals surface area contributed by atoms with Crippen LogP contribution >= 0.6 is 0 Å². The van der Waals surface area contributed by atoms with Crippen LogP contribution in [-0.4, -0.2) is 60.3 Å². The standard InChI is InChI=1S/C24H30O7S/c1-3-15-7-8-17(23-21(26)20(25)22(27)24(31-23)32(2,28)29)13-18(15)12-14-6-9-19-16(11-14)5-4-10-30-19/h6-9,11,13,20-27H,3-5,10,12H2,1-2H3/t20-,21-,22+,23+,24-/m1/s1. The number of benzene rings is 2. The lowest BCUT2D eigenvalue weighted by atomic mass is 9.89. The fourth-order valence-electron chi connectivity index (χ4n) is 4.55. The zero-order chi connectivity index (χ0) is 23.0. The Morgan fingerprint density at radius 1 is 1.00 bits per heavy atom. The molecule has 2 aliphatic rings. The van der Waals surface area contributed by atoms with Crippen LogP contribution < -0.4 is 4.74 Å². The van der Waals surface area contributed by atoms with Crippen molar-refractivity contribution in [3.63, 3.8) is 0 Å². The average molecular weight is 463 g/mol. The lowest BCUT2D eigenvalue weighted by molar-refractivity contribution is -0.202. The van der Waals surface area contributed by atoms with Gasteiger partial charge in [-0.05, 0) is 59.6 Å². The molecule has 2 heterocycles. The quantitative estimate of drug-likeness (QED) is 0.620. The molecule has 0 saturated carbocycles. The highest BCUT2D eigenvalue weighted by atomic mass is 32.2. The Bertz CT molecular complexity index is 1080. The average Bonchev–Trinajstić information content (AvgIpc) is 2.76. The van der Waals surface area contributed by atoms with Crippen molar-refractivity contribution in [3.8, 4) is 5.75 Å². The molecule has 8 heteroatoms. The molecule has 3 N–H and O–H groups in total. The largest absolute Gasteiger partial charge is 0.493 e. The van der Waals surface area contributed by atoms with Crippen LogP contribution in [0, 0.1) is 0 Å². The number of aliphatic hydroxyl groups excluding tert-OH is 3. The molecule has 2 aliphatic heterocycles. The first-order valence-electron chi connectivity index (χ1n) is 10.9. The number of sulfone groups is 1. The molecule has 1 saturated heterocycles. The Labute approximate surface area is 188 Å². The minimum atomic E-state index is -3.81. The summed E-state index contributed by atoms with van der Waals surface area (Å²) in [7, 11) is -3.81. The van der Waals surface area contributed by atoms with Gasteiger partial charge in [-0.25, -0.2) is 8.42 Å². The molecule has 4 rings (SSSR count). The van der Waals surface area contributed by atoms with E-state index in [1.807, 2.05) is 24.3 Å². The van der Waals surface area contributed by atoms with E-state index in [9.17, 15) is 23.7 Å². The van der Waals surface area contributed by atoms with E-state index in [4.69, 9.17) is 9.47 Å². The van der Waals surface area contributed by atoms with Gasteiger partial charge >= 0.3 is 0 Å². The summed E-state index contributed by atoms with van der Waals surface area (Å²) in [6, 6.07) is 11.8. The molecule has 2 aromatic rings. The highest BCUT2D eigenvalue weighted by molar-refractivity contribution is 7.91. The summed E-state index contributed by atoms with van der Waals surface area (Å²) < 4.78 is 35.5. The third-order valence-electron chi connectivity index (χ3n) is 6.30. The van der Waals surface area contributed by atoms with Crippen LogP contribution in [0.1, 0.15) is 47.3 Å². The van der Waals surface area contributed by atoms with Gasteiger partial charge in [-0.15, -0.1) is 0 Å². The monoisotopic (exact) mass is 462 g/mol. The topological polar surface area (TPSA) is 113 Å². The second kappa shape index (κ2) is 9.11. The smallest absolute Gasteiger partial charge is 0.187 e. The van der Waals surface area contributed by atoms with E-state index in [-0.39, 0.29) is 0 Å². The van der Waals surface area contributed by atoms with Gasteiger partial charge in [-0.2, -0.15) is 0 Å². The molecule has 2 aromatic carbocycles. The molecule has 0 aromatic heterocycles. The second-order valence-electron chi connectivity index (χ2n) is 8.68. The van der Waals surface area contributed by atoms with E-state index in [2.05, 4.69) is 13.0 Å². The zero-order valence-corrected chi connectivity index (χ0v) is 19.1. The molecule has 7 nitrogen and oxygen atoms in total. The maximum absolute atomic E-state index is 12.1. The number of aryl methyl sites for hydroxylation is 2. The van der Waals surface area contributed by atoms with Crippen LogP contribution in [0.5, 0.6) is 5.75 Å². The van der Waals surface area contributed by atoms with Gasteiger partial charge < -0.3 is 24.8 Å². The minimum Gasteiger partial charge on any atom is -0.493 e. The Morgan fingerprint density at radius 2 is 1.78 bits per heavy atom. The first kappa shape index (κ1) is 23.2. The Kier molecular flexibility index (Phi) is 6.61. The highest BCUT2D eigenvalue weighted by Crippen LogP contribution is 2.35. The first-order valence-corrected chi connectivity index (χ1v) is 12.9. The lowest BCUT2D eigenvalue weighted by Crippen LogP contribution is -2.56. The van der Waals surface area contributed by atoms with Crippen LogP contribution in [-0.2, 0) is 33.8 Å². The summed E-state index contributed by atoms with van der Waals surface area (Å²) >= 11 is 0. The summed E-state index contributed by atoms with van der Waals surface area (Å²) in [6.45, 7) is 2.80. The van der Waals surface area contributed by atoms with E-state index < -0.39 is 39.7 Å². The van der Waals surface area contributed by atoms with E-state index in [1.54, 1.807) is 6.07 Å². The van der Waals surface area contributed by atoms with E-state index in [0.29, 0.717) is 12.0 Å². The SMILES string of the molecule is CCc1ccc([C@@H]2O[C@H](S(C)(=O)=O)[C@@H](O)[C@H](O)[C@H]2O)cc1Cc1ccc2c(c1)CCCO2. The van der Waals surface area contributed by atoms with Gasteiger partial charge in [0.1, 0.15) is 30.2 Å². The fourth-order valence-corrected chi connectivity index (χ4v) is 5.54. The molecule has 5 atom stereocenters. The van der Waals surface area contributed by atoms with Gasteiger partial charge in [0, 0.05) is 6.26 Å². The number of ether oxygens (including phenoxy) is 2. The fraction of sp³-hybridized carbons (Fsp3) is 0.500. The van der Waals surface area contributed by atoms with Crippen LogP contribution in [0.15, 0.2) is 36.4 Å². The molecule has 174 valence electrons. The van der Waals surface area contributed by atoms with Gasteiger partial charge in [-0.3, -0.25) is 0 Å². The molecule has 0 spiro atoms. The maximum atomic E-state index is 12.1. The third-order valence-corrected chi connectivity index (χ3v) is 7.53. The maximum Gasteiger partial charge on any atom is 0.187 e. The van der Waals surface area contributed by atoms with E-state index >= 15 is 0 Å². The lowest BCUT2D eigenvalue weighted by Gasteiger charge is -2.40. The second-order valence-corrected chi connectivity index (χ2v) is 10.8. The zero-order valence-electron chi connectivity index (χ0n) is 18.3. The first-order chi connectivity index (χ1) is 15.2. The molecule has 0 radical (unpaired) electrons. The van der Waals surface area contributed by atoms with Crippen LogP contribution in [0.3, 0.4) is 0 Å². The van der Waals surface area contributed by atoms with Gasteiger partial charge in [0.15, 0.2) is 15.3 Å². The molecule has 0 amide bonds. The van der Waals surface area contributed by atoms with Crippen molar-refractivity contribution in [2.24, 2.45) is 0 Å². The summed E-state index contributed by atoms with van der Waals surface area (Å²) in [6.07, 6.45) is -1.49. The van der Waals surface area contributed by atoms with Crippen molar-refractivity contribution in [3.05, 3.63) is 64.2 Å². The molecule has 0 bridgehead atoms. The van der Waals surface area contributed by atoms with Crippen molar-refractivity contribution in [1.29, 1.82) is 0 Å². The van der Waals surface area contributed by atoms with E-state index in [1.165, 1.54) is 5.56 Å². The number of rotatable bonds is 5. The highest BCUT2D eigenvalue weighted by Gasteiger charge is 2.48. The van der Waals surface area contributed by atoms with Crippen molar-refractivity contribution in [2.75, 3.05) is 12.9 Å². The normalized spacial score (nSPS) is 28.1. The van der Waals surface area contributed by atoms with Crippen molar-refractivity contribution in [2.45, 2.75) is 62.5 Å². The van der Waals surface area contributed by atoms with E-state index in [0.717, 1.165) is 54.6 Å². The number of hydrogen-bond acceptors (Lipinski definition) is 7. The summed E-state index contributed by atoms with van der Waals surface area (Å²) in [5, 5.41) is 30.9. The molecular weight excluding hydrogens is 432 g/mol.